The molecule has 37 heavy (non-hydrogen) atoms. The third-order valence-corrected chi connectivity index (χ3v) is 8.08. The highest BCUT2D eigenvalue weighted by Gasteiger charge is 2.60. The molecule has 6 N–H and O–H groups in total. The number of aliphatic hydroxyl groups is 6. The average Bonchev–Trinajstić information content (AvgIpc) is 2.86. The van der Waals surface area contributed by atoms with Gasteiger partial charge in [0.25, 0.3) is 0 Å². The zero-order valence-electron chi connectivity index (χ0n) is 22.7. The lowest BCUT2D eigenvalue weighted by atomic mass is 9.70. The summed E-state index contributed by atoms with van der Waals surface area (Å²) >= 11 is 0. The zero-order chi connectivity index (χ0) is 28.1. The highest BCUT2D eigenvalue weighted by Crippen LogP contribution is 2.46. The summed E-state index contributed by atoms with van der Waals surface area (Å²) in [6, 6.07) is 0. The van der Waals surface area contributed by atoms with Crippen molar-refractivity contribution in [3.8, 4) is 0 Å². The number of rotatable bonds is 6. The van der Waals surface area contributed by atoms with Crippen molar-refractivity contribution in [1.29, 1.82) is 0 Å². The van der Waals surface area contributed by atoms with E-state index in [0.29, 0.717) is 12.0 Å². The maximum Gasteiger partial charge on any atom is 0.338 e. The Labute approximate surface area is 219 Å². The van der Waals surface area contributed by atoms with Crippen molar-refractivity contribution in [2.45, 2.75) is 114 Å². The van der Waals surface area contributed by atoms with Gasteiger partial charge in [-0.05, 0) is 18.9 Å². The van der Waals surface area contributed by atoms with Crippen LogP contribution in [0.2, 0.25) is 0 Å². The number of hydrogen-bond acceptors (Lipinski definition) is 11. The van der Waals surface area contributed by atoms with Crippen LogP contribution in [0.5, 0.6) is 0 Å². The standard InChI is InChI=1S/C26H46O11/c1-7-15(13-27)8-14(2)19-10-16(34-5)12-21(29)25(3,4)26(33)23(31)20(35-6)11-17(37-26)9-18(28)22(30)24(32)36-19/h8,15-23,27-31,33H,7,9-13H2,1-6H3/b14-8+/t15-,16-,17+,18-,19?,20-,21+,22+,23-,26+/m0/s1. The van der Waals surface area contributed by atoms with Gasteiger partial charge in [-0.1, -0.05) is 26.8 Å². The molecule has 2 heterocycles. The summed E-state index contributed by atoms with van der Waals surface area (Å²) in [5.74, 6) is -3.51. The van der Waals surface area contributed by atoms with E-state index in [0.717, 1.165) is 0 Å². The van der Waals surface area contributed by atoms with Gasteiger partial charge in [0.05, 0.1) is 30.5 Å². The number of fused-ring (bicyclic) bond motifs is 2. The topological polar surface area (TPSA) is 175 Å². The molecule has 216 valence electrons. The first-order valence-electron chi connectivity index (χ1n) is 12.9. The number of cyclic esters (lactones) is 1. The Hall–Kier alpha value is -1.15. The van der Waals surface area contributed by atoms with Crippen molar-refractivity contribution in [1.82, 2.24) is 0 Å². The van der Waals surface area contributed by atoms with Crippen LogP contribution in [0.4, 0.5) is 0 Å². The summed E-state index contributed by atoms with van der Waals surface area (Å²) in [6.07, 6.45) is -7.30. The number of carbonyl (C=O) groups excluding carboxylic acids is 1. The Balaban J connectivity index is 2.52. The quantitative estimate of drug-likeness (QED) is 0.200. The molecule has 0 aromatic carbocycles. The molecule has 0 spiro atoms. The molecule has 2 aliphatic rings. The van der Waals surface area contributed by atoms with Gasteiger partial charge >= 0.3 is 5.97 Å². The van der Waals surface area contributed by atoms with Crippen LogP contribution in [0, 0.1) is 11.3 Å². The van der Waals surface area contributed by atoms with Gasteiger partial charge in [-0.3, -0.25) is 0 Å². The van der Waals surface area contributed by atoms with Crippen LogP contribution in [-0.4, -0.2) is 112 Å². The lowest BCUT2D eigenvalue weighted by molar-refractivity contribution is -0.379. The SMILES string of the molecule is CC[C@@H](/C=C(\C)C1C[C@H](OC)C[C@@H](O)C(C)(C)[C@]2(O)O[C@@H](C[C@H](OC)[C@@H]2O)C[C@H](O)[C@@H](O)C(=O)O1)CO. The van der Waals surface area contributed by atoms with Crippen LogP contribution < -0.4 is 0 Å². The minimum atomic E-state index is -2.28. The van der Waals surface area contributed by atoms with E-state index in [4.69, 9.17) is 18.9 Å². The third kappa shape index (κ3) is 7.09. The molecule has 11 nitrogen and oxygen atoms in total. The number of methoxy groups -OCH3 is 2. The smallest absolute Gasteiger partial charge is 0.338 e. The van der Waals surface area contributed by atoms with Crippen molar-refractivity contribution >= 4 is 5.97 Å². The lowest BCUT2D eigenvalue weighted by Crippen LogP contribution is -2.68. The molecule has 0 aromatic heterocycles. The van der Waals surface area contributed by atoms with Gasteiger partial charge in [0.15, 0.2) is 6.10 Å². The predicted molar refractivity (Wildman–Crippen MR) is 132 cm³/mol. The van der Waals surface area contributed by atoms with Crippen LogP contribution >= 0.6 is 0 Å². The normalized spacial score (nSPS) is 41.0. The molecule has 0 aliphatic carbocycles. The van der Waals surface area contributed by atoms with E-state index >= 15 is 0 Å². The maximum atomic E-state index is 12.9. The molecule has 2 rings (SSSR count). The molecule has 10 atom stereocenters. The molecule has 0 amide bonds. The van der Waals surface area contributed by atoms with Crippen LogP contribution in [0.15, 0.2) is 11.6 Å². The Morgan fingerprint density at radius 1 is 1.11 bits per heavy atom. The van der Waals surface area contributed by atoms with E-state index in [9.17, 15) is 35.4 Å². The fraction of sp³-hybridized carbons (Fsp3) is 0.885. The first kappa shape index (κ1) is 32.1. The summed E-state index contributed by atoms with van der Waals surface area (Å²) in [4.78, 5) is 12.9. The molecule has 2 saturated heterocycles. The van der Waals surface area contributed by atoms with Crippen molar-refractivity contribution < 1.29 is 54.4 Å². The van der Waals surface area contributed by atoms with Crippen LogP contribution in [0.3, 0.4) is 0 Å². The summed E-state index contributed by atoms with van der Waals surface area (Å²) in [6.45, 7) is 6.65. The van der Waals surface area contributed by atoms with E-state index in [2.05, 4.69) is 0 Å². The number of aliphatic hydroxyl groups excluding tert-OH is 5. The Kier molecular flexibility index (Phi) is 11.5. The molecule has 0 aromatic rings. The molecule has 2 fully saturated rings. The van der Waals surface area contributed by atoms with Crippen LogP contribution in [0.1, 0.15) is 59.8 Å². The van der Waals surface area contributed by atoms with Crippen LogP contribution in [-0.2, 0) is 23.7 Å². The molecule has 1 unspecified atom stereocenters. The van der Waals surface area contributed by atoms with Gasteiger partial charge in [0, 0.05) is 57.8 Å². The maximum absolute atomic E-state index is 12.9. The Morgan fingerprint density at radius 3 is 2.30 bits per heavy atom. The van der Waals surface area contributed by atoms with E-state index in [-0.39, 0.29) is 38.2 Å². The van der Waals surface area contributed by atoms with E-state index < -0.39 is 66.0 Å². The van der Waals surface area contributed by atoms with E-state index in [1.807, 2.05) is 6.92 Å². The molecule has 0 saturated carbocycles. The first-order chi connectivity index (χ1) is 17.2. The Bertz CT molecular complexity index is 768. The van der Waals surface area contributed by atoms with E-state index in [1.54, 1.807) is 26.8 Å². The van der Waals surface area contributed by atoms with Crippen molar-refractivity contribution in [2.75, 3.05) is 20.8 Å². The van der Waals surface area contributed by atoms with Crippen molar-refractivity contribution in [3.63, 3.8) is 0 Å². The summed E-state index contributed by atoms with van der Waals surface area (Å²) in [5.41, 5.74) is -0.816. The fourth-order valence-electron chi connectivity index (χ4n) is 5.10. The first-order valence-corrected chi connectivity index (χ1v) is 12.9. The zero-order valence-corrected chi connectivity index (χ0v) is 22.7. The fourth-order valence-corrected chi connectivity index (χ4v) is 5.10. The average molecular weight is 535 g/mol. The van der Waals surface area contributed by atoms with Gasteiger partial charge in [-0.15, -0.1) is 0 Å². The monoisotopic (exact) mass is 534 g/mol. The predicted octanol–water partition coefficient (Wildman–Crippen LogP) is 0.0242. The summed E-state index contributed by atoms with van der Waals surface area (Å²) < 4.78 is 22.4. The second-order valence-electron chi connectivity index (χ2n) is 10.9. The highest BCUT2D eigenvalue weighted by atomic mass is 16.7. The number of hydrogen-bond donors (Lipinski definition) is 6. The van der Waals surface area contributed by atoms with Gasteiger partial charge in [0.2, 0.25) is 5.79 Å². The van der Waals surface area contributed by atoms with Gasteiger partial charge in [-0.2, -0.15) is 0 Å². The number of esters is 1. The van der Waals surface area contributed by atoms with Gasteiger partial charge < -0.3 is 49.6 Å². The van der Waals surface area contributed by atoms with Crippen molar-refractivity contribution in [3.05, 3.63) is 11.6 Å². The largest absolute Gasteiger partial charge is 0.456 e. The van der Waals surface area contributed by atoms with Gasteiger partial charge in [-0.25, -0.2) is 4.79 Å². The molecule has 2 bridgehead atoms. The van der Waals surface area contributed by atoms with Crippen molar-refractivity contribution in [2.24, 2.45) is 11.3 Å². The summed E-state index contributed by atoms with van der Waals surface area (Å²) in [5, 5.41) is 64.7. The van der Waals surface area contributed by atoms with Gasteiger partial charge in [0.1, 0.15) is 12.2 Å². The molecule has 2 aliphatic heterocycles. The molecule has 11 heteroatoms. The number of carbonyl (C=O) groups is 1. The Morgan fingerprint density at radius 2 is 1.76 bits per heavy atom. The van der Waals surface area contributed by atoms with Crippen LogP contribution in [0.25, 0.3) is 0 Å². The second kappa shape index (κ2) is 13.3. The second-order valence-corrected chi connectivity index (χ2v) is 10.9. The molecular formula is C26H46O11. The third-order valence-electron chi connectivity index (χ3n) is 8.08. The minimum absolute atomic E-state index is 0.00603. The molecular weight excluding hydrogens is 488 g/mol. The number of ether oxygens (including phenoxy) is 4. The lowest BCUT2D eigenvalue weighted by Gasteiger charge is -2.53. The summed E-state index contributed by atoms with van der Waals surface area (Å²) in [7, 11) is 2.79. The molecule has 0 radical (unpaired) electrons. The van der Waals surface area contributed by atoms with E-state index in [1.165, 1.54) is 14.2 Å². The highest BCUT2D eigenvalue weighted by molar-refractivity contribution is 5.75. The minimum Gasteiger partial charge on any atom is -0.456 e.